The van der Waals surface area contributed by atoms with Crippen LogP contribution in [-0.2, 0) is 10.0 Å². The highest BCUT2D eigenvalue weighted by Crippen LogP contribution is 2.71. The van der Waals surface area contributed by atoms with Crippen LogP contribution >= 0.6 is 0 Å². The molecule has 0 spiro atoms. The normalized spacial score (nSPS) is 19.9. The molecule has 1 atom stereocenters. The van der Waals surface area contributed by atoms with Crippen LogP contribution < -0.4 is 0 Å². The molecule has 0 heterocycles. The van der Waals surface area contributed by atoms with Crippen molar-refractivity contribution in [2.75, 3.05) is 19.7 Å². The zero-order valence-corrected chi connectivity index (χ0v) is 25.5. The Morgan fingerprint density at radius 1 is 0.481 bits per heavy atom. The summed E-state index contributed by atoms with van der Waals surface area (Å²) in [7, 11) is -7.18. The molecule has 1 N–H and O–H groups in total. The van der Waals surface area contributed by atoms with Crippen LogP contribution in [0.4, 0.5) is 110 Å². The first kappa shape index (κ1) is 48.1. The Kier molecular flexibility index (Phi) is 12.1. The van der Waals surface area contributed by atoms with Crippen molar-refractivity contribution in [1.29, 1.82) is 0 Å². The van der Waals surface area contributed by atoms with E-state index >= 15 is 30.7 Å². The quantitative estimate of drug-likeness (QED) is 0.168. The number of hydrogen-bond donors (Lipinski definition) is 1. The van der Waals surface area contributed by atoms with Crippen LogP contribution in [0.15, 0.2) is 0 Å². The van der Waals surface area contributed by atoms with E-state index in [4.69, 9.17) is 5.11 Å². The summed E-state index contributed by atoms with van der Waals surface area (Å²) in [5.74, 6) is -83.5. The number of hydrogen-bond acceptors (Lipinski definition) is 3. The largest absolute Gasteiger partial charge is 0.460 e. The fraction of sp³-hybridized carbons (Fsp3) is 1.00. The van der Waals surface area contributed by atoms with E-state index in [-0.39, 0.29) is 0 Å². The van der Waals surface area contributed by atoms with Gasteiger partial charge in [0.15, 0.2) is 0 Å². The molecule has 52 heavy (non-hydrogen) atoms. The van der Waals surface area contributed by atoms with Gasteiger partial charge in [-0.3, -0.25) is 0 Å². The molecule has 0 aliphatic heterocycles. The molecule has 1 aliphatic carbocycles. The Labute approximate surface area is 273 Å². The number of likely N-dealkylation sites (N-methyl/N-ethyl adjacent to an activating group) is 1. The average Bonchev–Trinajstić information content (AvgIpc) is 2.97. The molecule has 0 aromatic rings. The van der Waals surface area contributed by atoms with E-state index in [9.17, 15) is 87.4 Å². The van der Waals surface area contributed by atoms with Crippen LogP contribution in [0.3, 0.4) is 0 Å². The van der Waals surface area contributed by atoms with Crippen molar-refractivity contribution in [3.63, 3.8) is 0 Å². The Morgan fingerprint density at radius 3 is 1.04 bits per heavy atom. The Balaban J connectivity index is 4.65. The van der Waals surface area contributed by atoms with Gasteiger partial charge in [0.05, 0.1) is 6.61 Å². The molecule has 0 aromatic carbocycles. The van der Waals surface area contributed by atoms with Crippen LogP contribution in [0.25, 0.3) is 0 Å². The molecule has 1 aliphatic rings. The Bertz CT molecular complexity index is 1380. The number of nitrogens with zero attached hydrogens (tertiary/aromatic N) is 1. The second-order valence-electron chi connectivity index (χ2n) is 11.1. The molecular weight excluding hydrogens is 833 g/mol. The number of alkyl halides is 25. The van der Waals surface area contributed by atoms with Crippen LogP contribution in [-0.4, -0.2) is 114 Å². The topological polar surface area (TPSA) is 57.6 Å². The molecule has 1 unspecified atom stereocenters. The maximum atomic E-state index is 16.8. The lowest BCUT2D eigenvalue weighted by molar-refractivity contribution is -0.476. The number of halogens is 25. The minimum Gasteiger partial charge on any atom is -0.395 e. The molecule has 0 radical (unpaired) electrons. The summed E-state index contributed by atoms with van der Waals surface area (Å²) >= 11 is 0. The summed E-state index contributed by atoms with van der Waals surface area (Å²) in [6, 6.07) is 0. The third kappa shape index (κ3) is 5.77. The minimum atomic E-state index is -9.71. The Hall–Kier alpha value is -1.88. The highest BCUT2D eigenvalue weighted by Gasteiger charge is 3.01. The first-order valence-electron chi connectivity index (χ1n) is 13.3. The number of aliphatic hydroxyl groups is 1. The van der Waals surface area contributed by atoms with Gasteiger partial charge in [0.25, 0.3) is 5.67 Å². The van der Waals surface area contributed by atoms with Crippen molar-refractivity contribution in [3.05, 3.63) is 0 Å². The molecule has 1 fully saturated rings. The van der Waals surface area contributed by atoms with E-state index in [2.05, 4.69) is 0 Å². The van der Waals surface area contributed by atoms with Gasteiger partial charge in [-0.2, -0.15) is 110 Å². The Morgan fingerprint density at radius 2 is 0.750 bits per heavy atom. The highest BCUT2D eigenvalue weighted by atomic mass is 32.2. The van der Waals surface area contributed by atoms with Gasteiger partial charge < -0.3 is 5.11 Å². The standard InChI is InChI=1S/C22H20F25NO3S/c1-2-48(8-9-49)52(50,51)10(6-4-3-5-7-10)11(23,13(26,27)19(38,39)21(42,43)44)12(24,25)14(28,29)15(30,31)16(32,33)17(34,35)18(36,37)20(40,41)22(45,46)47/h49H,2-9H2,1H3. The van der Waals surface area contributed by atoms with Crippen molar-refractivity contribution >= 4 is 10.0 Å². The summed E-state index contributed by atoms with van der Waals surface area (Å²) < 4.78 is 374. The second-order valence-corrected chi connectivity index (χ2v) is 13.3. The fourth-order valence-electron chi connectivity index (χ4n) is 5.25. The molecule has 1 saturated carbocycles. The fourth-order valence-corrected chi connectivity index (χ4v) is 7.83. The van der Waals surface area contributed by atoms with Gasteiger partial charge in [-0.05, 0) is 12.8 Å². The maximum Gasteiger partial charge on any atom is 0.460 e. The highest BCUT2D eigenvalue weighted by molar-refractivity contribution is 7.90. The van der Waals surface area contributed by atoms with Gasteiger partial charge in [-0.15, -0.1) is 0 Å². The van der Waals surface area contributed by atoms with Crippen molar-refractivity contribution in [2.45, 2.75) is 115 Å². The SMILES string of the molecule is CCN(CCO)S(=O)(=O)C1(C(F)(C(F)(F)C(F)(F)C(F)(F)F)C(F)(F)C(F)(F)C(F)(F)C(F)(F)C(F)(F)C(F)(F)C(F)(F)C(F)(F)F)CCCCC1. The van der Waals surface area contributed by atoms with E-state index in [1.165, 1.54) is 0 Å². The summed E-state index contributed by atoms with van der Waals surface area (Å²) in [6.45, 7) is -4.46. The third-order valence-electron chi connectivity index (χ3n) is 8.16. The van der Waals surface area contributed by atoms with Crippen LogP contribution in [0.2, 0.25) is 0 Å². The zero-order valence-electron chi connectivity index (χ0n) is 24.7. The van der Waals surface area contributed by atoms with E-state index in [0.717, 1.165) is 0 Å². The monoisotopic (exact) mass is 853 g/mol. The summed E-state index contributed by atoms with van der Waals surface area (Å²) in [5.41, 5.74) is -8.68. The summed E-state index contributed by atoms with van der Waals surface area (Å²) in [4.78, 5) is 0. The van der Waals surface area contributed by atoms with Gasteiger partial charge in [0.2, 0.25) is 10.0 Å². The van der Waals surface area contributed by atoms with Crippen LogP contribution in [0.1, 0.15) is 39.0 Å². The molecule has 0 bridgehead atoms. The van der Waals surface area contributed by atoms with Crippen LogP contribution in [0.5, 0.6) is 0 Å². The predicted octanol–water partition coefficient (Wildman–Crippen LogP) is 8.88. The molecular formula is C22H20F25NO3S. The van der Waals surface area contributed by atoms with E-state index < -0.39 is 142 Å². The molecule has 0 amide bonds. The smallest absolute Gasteiger partial charge is 0.395 e. The average molecular weight is 853 g/mol. The number of aliphatic hydroxyl groups excluding tert-OH is 1. The number of sulfonamides is 1. The van der Waals surface area contributed by atoms with Gasteiger partial charge >= 0.3 is 65.7 Å². The van der Waals surface area contributed by atoms with E-state index in [1.54, 1.807) is 0 Å². The summed E-state index contributed by atoms with van der Waals surface area (Å²) in [6.07, 6.45) is -25.7. The maximum absolute atomic E-state index is 16.8. The lowest BCUT2D eigenvalue weighted by Crippen LogP contribution is -2.84. The van der Waals surface area contributed by atoms with Gasteiger partial charge in [0.1, 0.15) is 4.75 Å². The molecule has 1 rings (SSSR count). The molecule has 4 nitrogen and oxygen atoms in total. The van der Waals surface area contributed by atoms with Crippen molar-refractivity contribution in [3.8, 4) is 0 Å². The molecule has 30 heteroatoms. The van der Waals surface area contributed by atoms with Crippen LogP contribution in [0, 0.1) is 0 Å². The zero-order chi connectivity index (χ0) is 42.2. The first-order valence-corrected chi connectivity index (χ1v) is 14.7. The lowest BCUT2D eigenvalue weighted by Gasteiger charge is -2.56. The summed E-state index contributed by atoms with van der Waals surface area (Å²) in [5, 5.41) is 9.02. The van der Waals surface area contributed by atoms with E-state index in [0.29, 0.717) is 6.92 Å². The minimum absolute atomic E-state index is 0.451. The molecule has 0 aromatic heterocycles. The second kappa shape index (κ2) is 13.1. The lowest BCUT2D eigenvalue weighted by atomic mass is 9.66. The molecule has 312 valence electrons. The van der Waals surface area contributed by atoms with Crippen molar-refractivity contribution in [2.24, 2.45) is 0 Å². The van der Waals surface area contributed by atoms with Gasteiger partial charge in [-0.1, -0.05) is 26.2 Å². The predicted molar refractivity (Wildman–Crippen MR) is 120 cm³/mol. The third-order valence-corrected chi connectivity index (χ3v) is 11.0. The van der Waals surface area contributed by atoms with E-state index in [1.807, 2.05) is 0 Å². The van der Waals surface area contributed by atoms with Crippen molar-refractivity contribution in [1.82, 2.24) is 4.31 Å². The van der Waals surface area contributed by atoms with Gasteiger partial charge in [0, 0.05) is 13.1 Å². The molecule has 0 saturated heterocycles. The van der Waals surface area contributed by atoms with Crippen molar-refractivity contribution < 1.29 is 123 Å². The number of rotatable bonds is 15. The van der Waals surface area contributed by atoms with Gasteiger partial charge in [-0.25, -0.2) is 12.8 Å². The first-order chi connectivity index (χ1) is 22.5.